The van der Waals surface area contributed by atoms with Crippen LogP contribution in [0.5, 0.6) is 0 Å². The minimum Gasteiger partial charge on any atom is -0.378 e. The van der Waals surface area contributed by atoms with E-state index in [0.717, 1.165) is 15.8 Å². The maximum atomic E-state index is 13.5. The van der Waals surface area contributed by atoms with Gasteiger partial charge in [0, 0.05) is 62.0 Å². The molecule has 194 valence electrons. The van der Waals surface area contributed by atoms with E-state index in [9.17, 15) is 9.59 Å². The van der Waals surface area contributed by atoms with E-state index in [-0.39, 0.29) is 11.8 Å². The van der Waals surface area contributed by atoms with Gasteiger partial charge in [0.15, 0.2) is 0 Å². The molecule has 1 aliphatic heterocycles. The normalized spacial score (nSPS) is 12.8. The zero-order chi connectivity index (χ0) is 27.4. The number of pyridine rings is 1. The molecule has 6 aromatic rings. The topological polar surface area (TPSA) is 53.5 Å². The van der Waals surface area contributed by atoms with Gasteiger partial charge < -0.3 is 4.90 Å². The molecule has 4 heterocycles. The molecule has 2 amide bonds. The number of aromatic nitrogens is 1. The van der Waals surface area contributed by atoms with Crippen molar-refractivity contribution in [1.29, 1.82) is 0 Å². The molecule has 0 bridgehead atoms. The van der Waals surface area contributed by atoms with E-state index in [4.69, 9.17) is 0 Å². The van der Waals surface area contributed by atoms with E-state index >= 15 is 0 Å². The summed E-state index contributed by atoms with van der Waals surface area (Å²) in [5, 5.41) is 1.61. The first-order valence-electron chi connectivity index (χ1n) is 12.8. The summed E-state index contributed by atoms with van der Waals surface area (Å²) >= 11 is 3.50. The second kappa shape index (κ2) is 9.55. The highest BCUT2D eigenvalue weighted by Gasteiger charge is 2.35. The molecular formula is C33H23N3O2S2. The number of amides is 2. The number of imide groups is 1. The zero-order valence-electron chi connectivity index (χ0n) is 21.8. The number of hydrogen-bond donors (Lipinski definition) is 0. The maximum Gasteiger partial charge on any atom is 0.267 e. The predicted molar refractivity (Wildman–Crippen MR) is 166 cm³/mol. The lowest BCUT2D eigenvalue weighted by Crippen LogP contribution is -2.40. The van der Waals surface area contributed by atoms with Gasteiger partial charge in [0.2, 0.25) is 0 Å². The van der Waals surface area contributed by atoms with Crippen molar-refractivity contribution in [3.63, 3.8) is 0 Å². The van der Waals surface area contributed by atoms with Crippen LogP contribution in [0.25, 0.3) is 41.4 Å². The molecule has 0 N–H and O–H groups in total. The Bertz CT molecular complexity index is 1900. The lowest BCUT2D eigenvalue weighted by atomic mass is 9.91. The highest BCUT2D eigenvalue weighted by Crippen LogP contribution is 2.43. The molecule has 0 radical (unpaired) electrons. The summed E-state index contributed by atoms with van der Waals surface area (Å²) in [6.07, 6.45) is 1.58. The molecule has 1 aliphatic rings. The van der Waals surface area contributed by atoms with E-state index < -0.39 is 0 Å². The summed E-state index contributed by atoms with van der Waals surface area (Å²) in [5.74, 6) is -0.373. The van der Waals surface area contributed by atoms with Gasteiger partial charge in [0.25, 0.3) is 11.8 Å². The van der Waals surface area contributed by atoms with Crippen molar-refractivity contribution in [2.45, 2.75) is 0 Å². The second-order valence-electron chi connectivity index (χ2n) is 9.79. The lowest BCUT2D eigenvalue weighted by Gasteiger charge is -2.26. The second-order valence-corrected chi connectivity index (χ2v) is 12.0. The molecular weight excluding hydrogens is 535 g/mol. The quantitative estimate of drug-likeness (QED) is 0.200. The van der Waals surface area contributed by atoms with Gasteiger partial charge in [0.1, 0.15) is 5.82 Å². The highest BCUT2D eigenvalue weighted by molar-refractivity contribution is 7.25. The summed E-state index contributed by atoms with van der Waals surface area (Å²) in [6, 6.07) is 32.0. The maximum absolute atomic E-state index is 13.5. The monoisotopic (exact) mass is 557 g/mol. The number of carbonyl (C=O) groups excluding carboxylic acids is 2. The number of nitrogens with zero attached hydrogens (tertiary/aromatic N) is 3. The SMILES string of the molecule is CN(C)c1ccc(-c2ccc(-c3ccc(-c4ccc5c6c(cccc46)C(=O)N(c4ccccn4)C5=O)s3)s2)cc1. The molecule has 0 saturated carbocycles. The number of rotatable bonds is 5. The minimum absolute atomic E-state index is 0.330. The van der Waals surface area contributed by atoms with Crippen LogP contribution >= 0.6 is 22.7 Å². The van der Waals surface area contributed by atoms with Gasteiger partial charge in [0.05, 0.1) is 0 Å². The van der Waals surface area contributed by atoms with E-state index in [2.05, 4.69) is 58.4 Å². The fourth-order valence-electron chi connectivity index (χ4n) is 5.17. The third-order valence-electron chi connectivity index (χ3n) is 7.17. The molecule has 0 fully saturated rings. The number of benzene rings is 3. The van der Waals surface area contributed by atoms with Crippen molar-refractivity contribution in [3.05, 3.63) is 114 Å². The Morgan fingerprint density at radius 3 is 1.98 bits per heavy atom. The van der Waals surface area contributed by atoms with E-state index in [0.29, 0.717) is 22.3 Å². The molecule has 0 spiro atoms. The molecule has 40 heavy (non-hydrogen) atoms. The van der Waals surface area contributed by atoms with Gasteiger partial charge in [-0.3, -0.25) is 9.59 Å². The van der Waals surface area contributed by atoms with Crippen LogP contribution in [0.4, 0.5) is 11.5 Å². The average molecular weight is 558 g/mol. The van der Waals surface area contributed by atoms with Gasteiger partial charge in [-0.15, -0.1) is 22.7 Å². The largest absolute Gasteiger partial charge is 0.378 e. The van der Waals surface area contributed by atoms with Gasteiger partial charge in [-0.05, 0) is 77.2 Å². The van der Waals surface area contributed by atoms with Crippen LogP contribution in [0, 0.1) is 0 Å². The molecule has 3 aromatic heterocycles. The van der Waals surface area contributed by atoms with Crippen molar-refractivity contribution >= 4 is 56.8 Å². The van der Waals surface area contributed by atoms with Crippen molar-refractivity contribution in [3.8, 4) is 30.6 Å². The molecule has 3 aromatic carbocycles. The molecule has 7 heteroatoms. The Balaban J connectivity index is 1.25. The Hall–Kier alpha value is -4.59. The van der Waals surface area contributed by atoms with Crippen LogP contribution in [-0.4, -0.2) is 30.9 Å². The smallest absolute Gasteiger partial charge is 0.267 e. The van der Waals surface area contributed by atoms with Crippen molar-refractivity contribution in [2.24, 2.45) is 0 Å². The van der Waals surface area contributed by atoms with Crippen LogP contribution in [0.1, 0.15) is 20.7 Å². The van der Waals surface area contributed by atoms with Gasteiger partial charge in [-0.2, -0.15) is 0 Å². The number of carbonyl (C=O) groups is 2. The number of thiophene rings is 2. The third kappa shape index (κ3) is 3.94. The molecule has 0 saturated heterocycles. The molecule has 0 unspecified atom stereocenters. The van der Waals surface area contributed by atoms with Crippen molar-refractivity contribution in [1.82, 2.24) is 4.98 Å². The molecule has 7 rings (SSSR count). The minimum atomic E-state index is -0.351. The Morgan fingerprint density at radius 2 is 1.27 bits per heavy atom. The molecule has 0 aliphatic carbocycles. The molecule has 0 atom stereocenters. The first kappa shape index (κ1) is 24.5. The van der Waals surface area contributed by atoms with Crippen molar-refractivity contribution < 1.29 is 9.59 Å². The summed E-state index contributed by atoms with van der Waals surface area (Å²) in [6.45, 7) is 0. The van der Waals surface area contributed by atoms with Crippen LogP contribution < -0.4 is 9.80 Å². The van der Waals surface area contributed by atoms with Crippen LogP contribution in [-0.2, 0) is 0 Å². The van der Waals surface area contributed by atoms with Gasteiger partial charge >= 0.3 is 0 Å². The Morgan fingerprint density at radius 1 is 0.625 bits per heavy atom. The first-order chi connectivity index (χ1) is 19.5. The van der Waals surface area contributed by atoms with Crippen LogP contribution in [0.2, 0.25) is 0 Å². The lowest BCUT2D eigenvalue weighted by molar-refractivity contribution is 0.0892. The summed E-state index contributed by atoms with van der Waals surface area (Å²) < 4.78 is 0. The third-order valence-corrected chi connectivity index (χ3v) is 9.62. The Labute approximate surface area is 239 Å². The van der Waals surface area contributed by atoms with Crippen LogP contribution in [0.15, 0.2) is 103 Å². The first-order valence-corrected chi connectivity index (χ1v) is 14.5. The number of anilines is 2. The summed E-state index contributed by atoms with van der Waals surface area (Å²) in [7, 11) is 4.09. The fraction of sp³-hybridized carbons (Fsp3) is 0.0606. The van der Waals surface area contributed by atoms with E-state index in [1.807, 2.05) is 38.4 Å². The van der Waals surface area contributed by atoms with Gasteiger partial charge in [-0.25, -0.2) is 9.88 Å². The summed E-state index contributed by atoms with van der Waals surface area (Å²) in [5.41, 5.74) is 4.42. The fourth-order valence-corrected chi connectivity index (χ4v) is 7.32. The predicted octanol–water partition coefficient (Wildman–Crippen LogP) is 8.23. The average Bonchev–Trinajstić information content (AvgIpc) is 3.67. The van der Waals surface area contributed by atoms with Gasteiger partial charge in [-0.1, -0.05) is 36.4 Å². The zero-order valence-corrected chi connectivity index (χ0v) is 23.4. The van der Waals surface area contributed by atoms with E-state index in [1.165, 1.54) is 30.8 Å². The Kier molecular flexibility index (Phi) is 5.84. The van der Waals surface area contributed by atoms with Crippen LogP contribution in [0.3, 0.4) is 0 Å². The highest BCUT2D eigenvalue weighted by atomic mass is 32.1. The summed E-state index contributed by atoms with van der Waals surface area (Å²) in [4.78, 5) is 39.2. The standard InChI is InChI=1S/C33H23N3O2S2/c1-35(2)21-11-9-20(10-12-21)26-15-17-28(39-26)29-18-16-27(40-29)22-13-14-25-31-23(22)6-5-7-24(31)32(37)36(33(25)38)30-8-3-4-19-34-30/h3-19H,1-2H3. The van der Waals surface area contributed by atoms with Crippen molar-refractivity contribution in [2.75, 3.05) is 23.9 Å². The van der Waals surface area contributed by atoms with E-state index in [1.54, 1.807) is 53.1 Å². The molecule has 5 nitrogen and oxygen atoms in total. The number of hydrogen-bond acceptors (Lipinski definition) is 6.